The molecule has 0 amide bonds. The molecular weight excluding hydrogens is 612 g/mol. The molecule has 250 valence electrons. The van der Waals surface area contributed by atoms with Crippen LogP contribution in [0.15, 0.2) is 74.1 Å². The second-order valence-electron chi connectivity index (χ2n) is 12.9. The standard InChI is InChI=1S/C34H38N2O11/c1-18-10-25(39)23-11-21-12-27(33(2,3)46-30(21)28(31(23)45-18)36-14-20-8-9-35-24(20)15-36)47-44-17-34(43,32(42)29(41)26(40)16-37)13-19-4-6-22(38)7-5-19/h4-11,15,26-27,29,32,37-38,40-43H,12-14,16-17H2,1-3H3/p+1/t26-,27-,29-,32+,34+/m1/s1. The number of aliphatic hydroxyl groups is 5. The summed E-state index contributed by atoms with van der Waals surface area (Å²) in [5.74, 6) is 1.01. The lowest BCUT2D eigenvalue weighted by molar-refractivity contribution is -0.763. The number of rotatable bonds is 11. The first-order chi connectivity index (χ1) is 22.3. The average molecular weight is 652 g/mol. The molecule has 3 aliphatic rings. The molecule has 13 heteroatoms. The van der Waals surface area contributed by atoms with Crippen molar-refractivity contribution in [2.45, 2.75) is 69.2 Å². The Kier molecular flexibility index (Phi) is 8.84. The quantitative estimate of drug-likeness (QED) is 0.111. The van der Waals surface area contributed by atoms with Crippen molar-refractivity contribution in [2.24, 2.45) is 4.99 Å². The summed E-state index contributed by atoms with van der Waals surface area (Å²) in [6.07, 6.45) is -0.731. The van der Waals surface area contributed by atoms with Crippen LogP contribution in [0.3, 0.4) is 0 Å². The van der Waals surface area contributed by atoms with Crippen molar-refractivity contribution in [3.05, 3.63) is 87.1 Å². The number of phenols is 1. The van der Waals surface area contributed by atoms with E-state index in [4.69, 9.17) is 18.9 Å². The minimum absolute atomic E-state index is 0.00626. The molecule has 2 aromatic carbocycles. The van der Waals surface area contributed by atoms with Gasteiger partial charge in [0.25, 0.3) is 0 Å². The Labute approximate surface area is 269 Å². The summed E-state index contributed by atoms with van der Waals surface area (Å²) in [7, 11) is 0. The van der Waals surface area contributed by atoms with Crippen molar-refractivity contribution in [3.63, 3.8) is 0 Å². The van der Waals surface area contributed by atoms with Gasteiger partial charge < -0.3 is 39.8 Å². The fourth-order valence-electron chi connectivity index (χ4n) is 6.23. The lowest BCUT2D eigenvalue weighted by atomic mass is 9.85. The highest BCUT2D eigenvalue weighted by molar-refractivity contribution is 5.90. The molecule has 0 saturated carbocycles. The predicted octanol–water partition coefficient (Wildman–Crippen LogP) is 0.268. The van der Waals surface area contributed by atoms with Crippen LogP contribution in [0, 0.1) is 6.92 Å². The van der Waals surface area contributed by atoms with Crippen LogP contribution in [0.5, 0.6) is 11.5 Å². The van der Waals surface area contributed by atoms with Crippen LogP contribution in [-0.4, -0.2) is 92.2 Å². The van der Waals surface area contributed by atoms with Crippen LogP contribution in [0.2, 0.25) is 0 Å². The van der Waals surface area contributed by atoms with Gasteiger partial charge in [-0.05, 0) is 50.6 Å². The molecule has 1 aromatic heterocycles. The minimum Gasteiger partial charge on any atom is -0.508 e. The van der Waals surface area contributed by atoms with Crippen molar-refractivity contribution in [1.29, 1.82) is 0 Å². The maximum absolute atomic E-state index is 13.2. The number of fused-ring (bicyclic) bond motifs is 3. The topological polar surface area (TPSA) is 196 Å². The van der Waals surface area contributed by atoms with Crippen molar-refractivity contribution in [1.82, 2.24) is 0 Å². The van der Waals surface area contributed by atoms with E-state index in [-0.39, 0.29) is 24.0 Å². The van der Waals surface area contributed by atoms with Crippen molar-refractivity contribution < 1.29 is 54.5 Å². The molecule has 0 radical (unpaired) electrons. The van der Waals surface area contributed by atoms with E-state index in [9.17, 15) is 35.4 Å². The zero-order chi connectivity index (χ0) is 33.7. The summed E-state index contributed by atoms with van der Waals surface area (Å²) in [5, 5.41) is 62.3. The van der Waals surface area contributed by atoms with Gasteiger partial charge in [0.2, 0.25) is 11.3 Å². The average Bonchev–Trinajstić information content (AvgIpc) is 3.63. The summed E-state index contributed by atoms with van der Waals surface area (Å²) < 4.78 is 12.7. The molecular formula is C34H39N2O11+. The number of hydrogen-bond donors (Lipinski definition) is 7. The number of aryl methyl sites for hydroxylation is 1. The summed E-state index contributed by atoms with van der Waals surface area (Å²) in [5.41, 5.74) is 0.760. The largest absolute Gasteiger partial charge is 0.508 e. The van der Waals surface area contributed by atoms with E-state index in [1.807, 2.05) is 26.1 Å². The Morgan fingerprint density at radius 1 is 1.17 bits per heavy atom. The molecule has 3 aliphatic heterocycles. The van der Waals surface area contributed by atoms with Gasteiger partial charge in [0.1, 0.15) is 72.2 Å². The molecule has 0 saturated heterocycles. The van der Waals surface area contributed by atoms with Crippen molar-refractivity contribution in [3.8, 4) is 11.5 Å². The maximum atomic E-state index is 13.2. The number of benzene rings is 2. The predicted molar refractivity (Wildman–Crippen MR) is 168 cm³/mol. The first-order valence-corrected chi connectivity index (χ1v) is 15.3. The van der Waals surface area contributed by atoms with Crippen LogP contribution in [-0.2, 0) is 22.6 Å². The third-order valence-corrected chi connectivity index (χ3v) is 8.94. The SMILES string of the molecule is Cc1cc(=O)c2cc3c(c([NH+]4C=C5N=CC=C5C4)c2o1)OC(C)(C)[C@H](OOC[C@@](O)(Cc1ccc(O)cc1)[C@@H](O)[C@H](O)[C@H](O)CO)C3. The zero-order valence-corrected chi connectivity index (χ0v) is 26.2. The lowest BCUT2D eigenvalue weighted by Gasteiger charge is -2.40. The number of nitrogens with zero attached hydrogens (tertiary/aromatic N) is 1. The van der Waals surface area contributed by atoms with E-state index < -0.39 is 48.8 Å². The molecule has 1 unspecified atom stereocenters. The monoisotopic (exact) mass is 651 g/mol. The molecule has 6 atom stereocenters. The van der Waals surface area contributed by atoms with Gasteiger partial charge in [-0.3, -0.25) is 14.7 Å². The van der Waals surface area contributed by atoms with Crippen LogP contribution in [0.1, 0.15) is 30.7 Å². The van der Waals surface area contributed by atoms with Gasteiger partial charge in [-0.1, -0.05) is 12.1 Å². The van der Waals surface area contributed by atoms with E-state index in [2.05, 4.69) is 4.99 Å². The number of aromatic hydroxyl groups is 1. The highest BCUT2D eigenvalue weighted by Gasteiger charge is 2.46. The smallest absolute Gasteiger partial charge is 0.222 e. The fraction of sp³-hybridized carbons (Fsp3) is 0.412. The first kappa shape index (κ1) is 33.0. The molecule has 3 aromatic rings. The van der Waals surface area contributed by atoms with Crippen molar-refractivity contribution >= 4 is 22.9 Å². The number of aliphatic imine (C=N–C) groups is 1. The van der Waals surface area contributed by atoms with E-state index in [0.717, 1.165) is 16.2 Å². The van der Waals surface area contributed by atoms with E-state index >= 15 is 0 Å². The number of hydrogen-bond acceptors (Lipinski definition) is 12. The molecule has 13 nitrogen and oxygen atoms in total. The fourth-order valence-corrected chi connectivity index (χ4v) is 6.23. The van der Waals surface area contributed by atoms with Gasteiger partial charge in [-0.2, -0.15) is 0 Å². The Morgan fingerprint density at radius 3 is 2.62 bits per heavy atom. The van der Waals surface area contributed by atoms with E-state index in [1.165, 1.54) is 30.3 Å². The summed E-state index contributed by atoms with van der Waals surface area (Å²) in [6, 6.07) is 9.00. The molecule has 0 spiro atoms. The van der Waals surface area contributed by atoms with Crippen LogP contribution >= 0.6 is 0 Å². The van der Waals surface area contributed by atoms with Crippen LogP contribution in [0.25, 0.3) is 11.0 Å². The van der Waals surface area contributed by atoms with Crippen LogP contribution < -0.4 is 15.1 Å². The number of phenolic OH excluding ortho intramolecular Hbond substituents is 1. The highest BCUT2D eigenvalue weighted by atomic mass is 17.2. The Balaban J connectivity index is 1.28. The van der Waals surface area contributed by atoms with E-state index in [0.29, 0.717) is 45.8 Å². The van der Waals surface area contributed by atoms with Gasteiger partial charge in [0.15, 0.2) is 11.2 Å². The number of allylic oxidation sites excluding steroid dienone is 1. The van der Waals surface area contributed by atoms with Crippen molar-refractivity contribution in [2.75, 3.05) is 19.8 Å². The van der Waals surface area contributed by atoms with Gasteiger partial charge in [0, 0.05) is 36.3 Å². The molecule has 6 rings (SSSR count). The number of nitrogens with one attached hydrogen (secondary N) is 1. The Hall–Kier alpha value is -3.92. The Bertz CT molecular complexity index is 1810. The van der Waals surface area contributed by atoms with Gasteiger partial charge in [0.05, 0.1) is 12.0 Å². The molecule has 0 aliphatic carbocycles. The number of quaternary nitrogens is 1. The number of ether oxygens (including phenoxy) is 1. The molecule has 7 N–H and O–H groups in total. The maximum Gasteiger partial charge on any atom is 0.222 e. The Morgan fingerprint density at radius 2 is 1.91 bits per heavy atom. The highest BCUT2D eigenvalue weighted by Crippen LogP contribution is 2.43. The molecule has 0 bridgehead atoms. The van der Waals surface area contributed by atoms with Crippen LogP contribution in [0.4, 0.5) is 5.69 Å². The molecule has 4 heterocycles. The second-order valence-corrected chi connectivity index (χ2v) is 12.9. The zero-order valence-electron chi connectivity index (χ0n) is 26.2. The molecule has 47 heavy (non-hydrogen) atoms. The normalized spacial score (nSPS) is 22.9. The third kappa shape index (κ3) is 6.36. The summed E-state index contributed by atoms with van der Waals surface area (Å²) in [6.45, 7) is 4.41. The third-order valence-electron chi connectivity index (χ3n) is 8.94. The summed E-state index contributed by atoms with van der Waals surface area (Å²) in [4.78, 5) is 29.9. The van der Waals surface area contributed by atoms with Gasteiger partial charge in [-0.25, -0.2) is 9.78 Å². The van der Waals surface area contributed by atoms with Gasteiger partial charge >= 0.3 is 0 Å². The number of aliphatic hydroxyl groups excluding tert-OH is 4. The summed E-state index contributed by atoms with van der Waals surface area (Å²) >= 11 is 0. The molecule has 0 fully saturated rings. The first-order valence-electron chi connectivity index (χ1n) is 15.3. The second kappa shape index (κ2) is 12.6. The minimum atomic E-state index is -2.20. The van der Waals surface area contributed by atoms with Gasteiger partial charge in [-0.15, -0.1) is 0 Å². The lowest BCUT2D eigenvalue weighted by Crippen LogP contribution is -3.01. The van der Waals surface area contributed by atoms with E-state index in [1.54, 1.807) is 19.2 Å².